The summed E-state index contributed by atoms with van der Waals surface area (Å²) in [6, 6.07) is 26.3. The van der Waals surface area contributed by atoms with Gasteiger partial charge in [-0.3, -0.25) is 0 Å². The summed E-state index contributed by atoms with van der Waals surface area (Å²) < 4.78 is 0. The maximum atomic E-state index is 3.57. The Balaban J connectivity index is 1.93. The molecule has 0 radical (unpaired) electrons. The van der Waals surface area contributed by atoms with Crippen LogP contribution in [0.2, 0.25) is 0 Å². The Hall–Kier alpha value is -3.06. The number of nitrogens with one attached hydrogen (secondary N) is 1. The van der Waals surface area contributed by atoms with Gasteiger partial charge in [-0.2, -0.15) is 0 Å². The summed E-state index contributed by atoms with van der Waals surface area (Å²) in [5, 5.41) is 5.37. The summed E-state index contributed by atoms with van der Waals surface area (Å²) >= 11 is 0. The van der Waals surface area contributed by atoms with Crippen LogP contribution in [0, 0.1) is 0 Å². The van der Waals surface area contributed by atoms with Crippen molar-refractivity contribution in [1.29, 1.82) is 0 Å². The second-order valence-electron chi connectivity index (χ2n) is 6.29. The number of para-hydroxylation sites is 1. The van der Waals surface area contributed by atoms with Gasteiger partial charge in [0.2, 0.25) is 0 Å². The molecule has 0 bridgehead atoms. The van der Waals surface area contributed by atoms with E-state index in [0.717, 1.165) is 0 Å². The van der Waals surface area contributed by atoms with Crippen LogP contribution in [0.5, 0.6) is 0 Å². The molecule has 0 saturated carbocycles. The first-order chi connectivity index (χ1) is 11.4. The maximum Gasteiger partial charge on any atom is 0.0471 e. The normalized spacial score (nSPS) is 12.3. The standard InChI is InChI=1S/C22H13N/c1-2-10-18-16(7-1)22-19(23-18)12-11-15-14-8-3-5-13-6-4-9-17(20(13)14)21(15)22/h1-12,23H. The average Bonchev–Trinajstić information content (AvgIpc) is 3.13. The second kappa shape index (κ2) is 3.82. The monoisotopic (exact) mass is 291 g/mol. The van der Waals surface area contributed by atoms with E-state index in [9.17, 15) is 0 Å². The summed E-state index contributed by atoms with van der Waals surface area (Å²) in [4.78, 5) is 3.57. The van der Waals surface area contributed by atoms with Crippen LogP contribution in [0.25, 0.3) is 54.8 Å². The summed E-state index contributed by atoms with van der Waals surface area (Å²) in [5.74, 6) is 0. The van der Waals surface area contributed by atoms with E-state index in [1.54, 1.807) is 0 Å². The number of aromatic amines is 1. The Bertz CT molecular complexity index is 1250. The topological polar surface area (TPSA) is 15.8 Å². The first kappa shape index (κ1) is 11.5. The predicted molar refractivity (Wildman–Crippen MR) is 97.7 cm³/mol. The Labute approximate surface area is 133 Å². The van der Waals surface area contributed by atoms with Gasteiger partial charge in [0, 0.05) is 27.4 Å². The highest BCUT2D eigenvalue weighted by Gasteiger charge is 2.24. The van der Waals surface area contributed by atoms with Gasteiger partial charge in [0.15, 0.2) is 0 Å². The molecule has 6 rings (SSSR count). The van der Waals surface area contributed by atoms with E-state index in [-0.39, 0.29) is 0 Å². The largest absolute Gasteiger partial charge is 0.354 e. The molecule has 0 amide bonds. The lowest BCUT2D eigenvalue weighted by Gasteiger charge is -2.04. The lowest BCUT2D eigenvalue weighted by Crippen LogP contribution is -1.78. The second-order valence-corrected chi connectivity index (χ2v) is 6.29. The molecule has 0 unspecified atom stereocenters. The number of aromatic nitrogens is 1. The van der Waals surface area contributed by atoms with Crippen LogP contribution >= 0.6 is 0 Å². The fraction of sp³-hybridized carbons (Fsp3) is 0. The third kappa shape index (κ3) is 1.29. The number of fused-ring (bicyclic) bond motifs is 7. The van der Waals surface area contributed by atoms with Gasteiger partial charge in [0.05, 0.1) is 0 Å². The van der Waals surface area contributed by atoms with Crippen LogP contribution in [-0.2, 0) is 0 Å². The molecule has 1 heterocycles. The van der Waals surface area contributed by atoms with Crippen molar-refractivity contribution < 1.29 is 0 Å². The number of H-pyrrole nitrogens is 1. The Morgan fingerprint density at radius 2 is 1.35 bits per heavy atom. The number of rotatable bonds is 0. The van der Waals surface area contributed by atoms with E-state index < -0.39 is 0 Å². The van der Waals surface area contributed by atoms with Crippen molar-refractivity contribution in [1.82, 2.24) is 4.98 Å². The molecule has 1 aliphatic rings. The van der Waals surface area contributed by atoms with Crippen molar-refractivity contribution in [3.8, 4) is 22.3 Å². The van der Waals surface area contributed by atoms with Gasteiger partial charge in [-0.25, -0.2) is 0 Å². The van der Waals surface area contributed by atoms with Crippen molar-refractivity contribution in [3.05, 3.63) is 72.8 Å². The quantitative estimate of drug-likeness (QED) is 0.347. The molecule has 0 fully saturated rings. The van der Waals surface area contributed by atoms with Crippen LogP contribution < -0.4 is 0 Å². The minimum Gasteiger partial charge on any atom is -0.354 e. The molecule has 106 valence electrons. The van der Waals surface area contributed by atoms with Crippen molar-refractivity contribution in [3.63, 3.8) is 0 Å². The predicted octanol–water partition coefficient (Wildman–Crippen LogP) is 6.12. The van der Waals surface area contributed by atoms with Crippen molar-refractivity contribution in [2.24, 2.45) is 0 Å². The van der Waals surface area contributed by atoms with Crippen LogP contribution in [0.15, 0.2) is 72.8 Å². The first-order valence-corrected chi connectivity index (χ1v) is 7.98. The minimum absolute atomic E-state index is 1.21. The summed E-state index contributed by atoms with van der Waals surface area (Å²) in [5.41, 5.74) is 7.89. The summed E-state index contributed by atoms with van der Waals surface area (Å²) in [6.07, 6.45) is 0. The van der Waals surface area contributed by atoms with E-state index in [4.69, 9.17) is 0 Å². The Kier molecular flexibility index (Phi) is 1.91. The summed E-state index contributed by atoms with van der Waals surface area (Å²) in [7, 11) is 0. The maximum absolute atomic E-state index is 3.57. The van der Waals surface area contributed by atoms with Crippen LogP contribution in [-0.4, -0.2) is 4.98 Å². The molecule has 1 heteroatoms. The highest BCUT2D eigenvalue weighted by molar-refractivity contribution is 6.25. The molecule has 0 saturated heterocycles. The Morgan fingerprint density at radius 1 is 0.522 bits per heavy atom. The van der Waals surface area contributed by atoms with Gasteiger partial charge < -0.3 is 4.98 Å². The van der Waals surface area contributed by atoms with Crippen molar-refractivity contribution in [2.45, 2.75) is 0 Å². The molecule has 1 aliphatic carbocycles. The van der Waals surface area contributed by atoms with Crippen LogP contribution in [0.4, 0.5) is 0 Å². The average molecular weight is 291 g/mol. The highest BCUT2D eigenvalue weighted by atomic mass is 14.7. The zero-order valence-electron chi connectivity index (χ0n) is 12.4. The molecule has 0 aliphatic heterocycles. The van der Waals surface area contributed by atoms with Gasteiger partial charge in [-0.1, -0.05) is 60.7 Å². The fourth-order valence-electron chi connectivity index (χ4n) is 4.22. The van der Waals surface area contributed by atoms with E-state index >= 15 is 0 Å². The first-order valence-electron chi connectivity index (χ1n) is 7.98. The zero-order valence-corrected chi connectivity index (χ0v) is 12.4. The Morgan fingerprint density at radius 3 is 2.26 bits per heavy atom. The molecular weight excluding hydrogens is 278 g/mol. The molecule has 0 atom stereocenters. The molecule has 23 heavy (non-hydrogen) atoms. The highest BCUT2D eigenvalue weighted by Crippen LogP contribution is 2.51. The molecule has 4 aromatic carbocycles. The molecule has 1 N–H and O–H groups in total. The molecule has 1 aromatic heterocycles. The van der Waals surface area contributed by atoms with E-state index in [1.165, 1.54) is 54.8 Å². The molecule has 1 nitrogen and oxygen atoms in total. The molecular formula is C22H13N. The number of benzene rings is 4. The third-order valence-corrected chi connectivity index (χ3v) is 5.14. The van der Waals surface area contributed by atoms with Crippen molar-refractivity contribution in [2.75, 3.05) is 0 Å². The van der Waals surface area contributed by atoms with Gasteiger partial charge >= 0.3 is 0 Å². The van der Waals surface area contributed by atoms with Gasteiger partial charge in [0.25, 0.3) is 0 Å². The SMILES string of the molecule is c1cc2c3c(cccc3c1)-c1c-2ccc2[nH]c3ccccc3c12. The van der Waals surface area contributed by atoms with Gasteiger partial charge in [0.1, 0.15) is 0 Å². The van der Waals surface area contributed by atoms with Crippen LogP contribution in [0.3, 0.4) is 0 Å². The third-order valence-electron chi connectivity index (χ3n) is 5.14. The molecule has 0 spiro atoms. The van der Waals surface area contributed by atoms with E-state index in [0.29, 0.717) is 0 Å². The lowest BCUT2D eigenvalue weighted by molar-refractivity contribution is 1.55. The smallest absolute Gasteiger partial charge is 0.0471 e. The van der Waals surface area contributed by atoms with Gasteiger partial charge in [-0.15, -0.1) is 0 Å². The summed E-state index contributed by atoms with van der Waals surface area (Å²) in [6.45, 7) is 0. The number of hydrogen-bond donors (Lipinski definition) is 1. The van der Waals surface area contributed by atoms with Crippen LogP contribution in [0.1, 0.15) is 0 Å². The fourth-order valence-corrected chi connectivity index (χ4v) is 4.22. The van der Waals surface area contributed by atoms with E-state index in [2.05, 4.69) is 77.8 Å². The van der Waals surface area contributed by atoms with E-state index in [1.807, 2.05) is 0 Å². The van der Waals surface area contributed by atoms with Crippen molar-refractivity contribution >= 4 is 32.6 Å². The van der Waals surface area contributed by atoms with Gasteiger partial charge in [-0.05, 0) is 39.6 Å². The minimum atomic E-state index is 1.21. The zero-order chi connectivity index (χ0) is 15.0. The lowest BCUT2D eigenvalue weighted by atomic mass is 9.98. The molecule has 5 aromatic rings. The number of hydrogen-bond acceptors (Lipinski definition) is 0.